The molecular formula is C23H21F3N2O3. The van der Waals surface area contributed by atoms with Gasteiger partial charge < -0.3 is 14.8 Å². The number of aliphatic imine (C=N–C) groups is 1. The van der Waals surface area contributed by atoms with Crippen LogP contribution in [-0.4, -0.2) is 25.4 Å². The second-order valence-corrected chi connectivity index (χ2v) is 7.56. The third kappa shape index (κ3) is 4.28. The van der Waals surface area contributed by atoms with Crippen LogP contribution in [0.25, 0.3) is 0 Å². The number of amidine groups is 1. The van der Waals surface area contributed by atoms with Gasteiger partial charge in [0, 0.05) is 17.9 Å². The number of hydrogen-bond donors (Lipinski definition) is 1. The van der Waals surface area contributed by atoms with Gasteiger partial charge in [0.2, 0.25) is 5.91 Å². The summed E-state index contributed by atoms with van der Waals surface area (Å²) in [6.07, 6.45) is -4.10. The van der Waals surface area contributed by atoms with Crippen LogP contribution in [0, 0.1) is 0 Å². The molecule has 0 bridgehead atoms. The summed E-state index contributed by atoms with van der Waals surface area (Å²) in [5.41, 5.74) is 2.71. The molecular weight excluding hydrogens is 409 g/mol. The van der Waals surface area contributed by atoms with Crippen molar-refractivity contribution in [2.24, 2.45) is 4.99 Å². The highest BCUT2D eigenvalue weighted by Gasteiger charge is 2.34. The average molecular weight is 430 g/mol. The Labute approximate surface area is 177 Å². The highest BCUT2D eigenvalue weighted by Crippen LogP contribution is 2.39. The molecule has 2 aromatic rings. The molecule has 0 spiro atoms. The normalized spacial score (nSPS) is 18.4. The van der Waals surface area contributed by atoms with Crippen molar-refractivity contribution < 1.29 is 27.4 Å². The minimum absolute atomic E-state index is 0.0352. The lowest BCUT2D eigenvalue weighted by Crippen LogP contribution is -2.39. The number of carbonyl (C=O) groups excluding carboxylic acids is 1. The minimum atomic E-state index is -4.41. The molecule has 1 unspecified atom stereocenters. The second kappa shape index (κ2) is 8.09. The third-order valence-electron chi connectivity index (χ3n) is 5.42. The highest BCUT2D eigenvalue weighted by molar-refractivity contribution is 6.13. The number of fused-ring (bicyclic) bond motifs is 1. The van der Waals surface area contributed by atoms with Crippen molar-refractivity contribution >= 4 is 11.7 Å². The van der Waals surface area contributed by atoms with E-state index < -0.39 is 11.7 Å². The molecule has 0 aliphatic carbocycles. The Hall–Kier alpha value is -3.29. The van der Waals surface area contributed by atoms with E-state index in [1.807, 2.05) is 13.0 Å². The predicted molar refractivity (Wildman–Crippen MR) is 109 cm³/mol. The van der Waals surface area contributed by atoms with Crippen LogP contribution in [0.2, 0.25) is 0 Å². The molecule has 4 rings (SSSR count). The van der Waals surface area contributed by atoms with Gasteiger partial charge in [0.1, 0.15) is 12.4 Å². The standard InChI is InChI=1S/C23H21F3N2O3/c1-13-11-27-22-21(13)17(10-20(29)28-22)15-6-7-18(19(9-15)30-2)31-12-14-4-3-5-16(8-14)23(24,25)26/h3-9,17H,10-12H2,1-2H3,(H,27,28,29). The van der Waals surface area contributed by atoms with Gasteiger partial charge in [-0.25, -0.2) is 0 Å². The molecule has 2 aliphatic rings. The lowest BCUT2D eigenvalue weighted by molar-refractivity contribution is -0.137. The number of piperidine rings is 1. The smallest absolute Gasteiger partial charge is 0.416 e. The topological polar surface area (TPSA) is 59.9 Å². The van der Waals surface area contributed by atoms with E-state index in [-0.39, 0.29) is 18.4 Å². The van der Waals surface area contributed by atoms with Crippen LogP contribution in [0.15, 0.2) is 58.6 Å². The molecule has 1 saturated heterocycles. The zero-order chi connectivity index (χ0) is 22.2. The van der Waals surface area contributed by atoms with Crippen LogP contribution in [0.5, 0.6) is 11.5 Å². The van der Waals surface area contributed by atoms with Crippen LogP contribution in [0.4, 0.5) is 13.2 Å². The summed E-state index contributed by atoms with van der Waals surface area (Å²) in [5.74, 6) is 1.26. The monoisotopic (exact) mass is 430 g/mol. The van der Waals surface area contributed by atoms with E-state index in [0.717, 1.165) is 28.8 Å². The zero-order valence-corrected chi connectivity index (χ0v) is 17.0. The van der Waals surface area contributed by atoms with Gasteiger partial charge in [-0.3, -0.25) is 9.79 Å². The number of nitrogens with one attached hydrogen (secondary N) is 1. The summed E-state index contributed by atoms with van der Waals surface area (Å²) in [6, 6.07) is 10.4. The van der Waals surface area contributed by atoms with E-state index in [2.05, 4.69) is 10.3 Å². The number of benzene rings is 2. The van der Waals surface area contributed by atoms with Crippen LogP contribution < -0.4 is 14.8 Å². The number of methoxy groups -OCH3 is 1. The Morgan fingerprint density at radius 1 is 1.16 bits per heavy atom. The minimum Gasteiger partial charge on any atom is -0.493 e. The number of carbonyl (C=O) groups is 1. The first kappa shape index (κ1) is 21.0. The number of amides is 1. The molecule has 2 aliphatic heterocycles. The van der Waals surface area contributed by atoms with E-state index in [9.17, 15) is 18.0 Å². The van der Waals surface area contributed by atoms with E-state index >= 15 is 0 Å². The lowest BCUT2D eigenvalue weighted by Gasteiger charge is -2.27. The molecule has 162 valence electrons. The lowest BCUT2D eigenvalue weighted by atomic mass is 9.83. The molecule has 1 amide bonds. The first-order valence-corrected chi connectivity index (χ1v) is 9.77. The summed E-state index contributed by atoms with van der Waals surface area (Å²) in [5, 5.41) is 2.82. The molecule has 2 heterocycles. The average Bonchev–Trinajstić information content (AvgIpc) is 3.11. The van der Waals surface area contributed by atoms with Gasteiger partial charge in [-0.15, -0.1) is 0 Å². The summed E-state index contributed by atoms with van der Waals surface area (Å²) in [4.78, 5) is 16.5. The first-order chi connectivity index (χ1) is 14.8. The first-order valence-electron chi connectivity index (χ1n) is 9.77. The SMILES string of the molecule is COc1cc(C2CC(=O)NC3=NCC(C)=C32)ccc1OCc1cccc(C(F)(F)F)c1. The van der Waals surface area contributed by atoms with E-state index in [4.69, 9.17) is 9.47 Å². The fourth-order valence-corrected chi connectivity index (χ4v) is 3.91. The maximum Gasteiger partial charge on any atom is 0.416 e. The van der Waals surface area contributed by atoms with Crippen molar-refractivity contribution in [3.05, 3.63) is 70.3 Å². The molecule has 5 nitrogen and oxygen atoms in total. The molecule has 8 heteroatoms. The fourth-order valence-electron chi connectivity index (χ4n) is 3.91. The quantitative estimate of drug-likeness (QED) is 0.753. The second-order valence-electron chi connectivity index (χ2n) is 7.56. The summed E-state index contributed by atoms with van der Waals surface area (Å²) >= 11 is 0. The maximum atomic E-state index is 12.9. The van der Waals surface area contributed by atoms with Crippen molar-refractivity contribution in [1.82, 2.24) is 5.32 Å². The van der Waals surface area contributed by atoms with Crippen LogP contribution in [0.1, 0.15) is 36.0 Å². The Morgan fingerprint density at radius 3 is 2.71 bits per heavy atom. The Balaban J connectivity index is 1.56. The predicted octanol–water partition coefficient (Wildman–Crippen LogP) is 4.63. The Morgan fingerprint density at radius 2 is 1.97 bits per heavy atom. The fraction of sp³-hybridized carbons (Fsp3) is 0.304. The summed E-state index contributed by atoms with van der Waals surface area (Å²) < 4.78 is 50.0. The van der Waals surface area contributed by atoms with Crippen molar-refractivity contribution in [3.8, 4) is 11.5 Å². The van der Waals surface area contributed by atoms with Crippen molar-refractivity contribution in [2.45, 2.75) is 32.0 Å². The Kier molecular flexibility index (Phi) is 5.47. The number of hydrogen-bond acceptors (Lipinski definition) is 4. The van der Waals surface area contributed by atoms with Gasteiger partial charge >= 0.3 is 6.18 Å². The Bertz CT molecular complexity index is 1090. The molecule has 0 radical (unpaired) electrons. The third-order valence-corrected chi connectivity index (χ3v) is 5.42. The summed E-state index contributed by atoms with van der Waals surface area (Å²) in [7, 11) is 1.50. The van der Waals surface area contributed by atoms with E-state index in [0.29, 0.717) is 35.9 Å². The van der Waals surface area contributed by atoms with Crippen LogP contribution in [-0.2, 0) is 17.6 Å². The molecule has 31 heavy (non-hydrogen) atoms. The van der Waals surface area contributed by atoms with Crippen LogP contribution >= 0.6 is 0 Å². The van der Waals surface area contributed by atoms with E-state index in [1.165, 1.54) is 13.2 Å². The molecule has 1 fully saturated rings. The van der Waals surface area contributed by atoms with Gasteiger partial charge in [-0.2, -0.15) is 13.2 Å². The van der Waals surface area contributed by atoms with Gasteiger partial charge in [0.05, 0.1) is 19.2 Å². The molecule has 0 aromatic heterocycles. The van der Waals surface area contributed by atoms with Gasteiger partial charge in [0.15, 0.2) is 11.5 Å². The number of rotatable bonds is 5. The molecule has 1 N–H and O–H groups in total. The highest BCUT2D eigenvalue weighted by atomic mass is 19.4. The van der Waals surface area contributed by atoms with Crippen molar-refractivity contribution in [3.63, 3.8) is 0 Å². The number of alkyl halides is 3. The van der Waals surface area contributed by atoms with Crippen molar-refractivity contribution in [1.29, 1.82) is 0 Å². The summed E-state index contributed by atoms with van der Waals surface area (Å²) in [6.45, 7) is 2.53. The molecule has 2 aromatic carbocycles. The molecule has 1 atom stereocenters. The van der Waals surface area contributed by atoms with Gasteiger partial charge in [-0.05, 0) is 47.9 Å². The number of nitrogens with zero attached hydrogens (tertiary/aromatic N) is 1. The maximum absolute atomic E-state index is 12.9. The largest absolute Gasteiger partial charge is 0.493 e. The van der Waals surface area contributed by atoms with Gasteiger partial charge in [-0.1, -0.05) is 18.2 Å². The zero-order valence-electron chi connectivity index (χ0n) is 17.0. The molecule has 0 saturated carbocycles. The number of halogens is 3. The van der Waals surface area contributed by atoms with E-state index in [1.54, 1.807) is 18.2 Å². The van der Waals surface area contributed by atoms with Crippen molar-refractivity contribution in [2.75, 3.05) is 13.7 Å². The number of ether oxygens (including phenoxy) is 2. The van der Waals surface area contributed by atoms with Crippen LogP contribution in [0.3, 0.4) is 0 Å². The van der Waals surface area contributed by atoms with Gasteiger partial charge in [0.25, 0.3) is 0 Å².